The van der Waals surface area contributed by atoms with Crippen molar-refractivity contribution in [1.82, 2.24) is 0 Å². The molecule has 18 heavy (non-hydrogen) atoms. The van der Waals surface area contributed by atoms with Gasteiger partial charge < -0.3 is 14.9 Å². The molecule has 1 atom stereocenters. The molecule has 0 aliphatic carbocycles. The van der Waals surface area contributed by atoms with Crippen LogP contribution in [0.25, 0.3) is 0 Å². The zero-order chi connectivity index (χ0) is 13.5. The van der Waals surface area contributed by atoms with Gasteiger partial charge >= 0.3 is 5.97 Å². The van der Waals surface area contributed by atoms with Gasteiger partial charge in [0.1, 0.15) is 5.75 Å². The summed E-state index contributed by atoms with van der Waals surface area (Å²) in [5.41, 5.74) is 1.73. The van der Waals surface area contributed by atoms with Gasteiger partial charge in [0.2, 0.25) is 0 Å². The second-order valence-corrected chi connectivity index (χ2v) is 4.18. The third kappa shape index (κ3) is 3.74. The van der Waals surface area contributed by atoms with Gasteiger partial charge in [-0.15, -0.1) is 0 Å². The van der Waals surface area contributed by atoms with Crippen LogP contribution in [0.3, 0.4) is 0 Å². The molecule has 0 saturated heterocycles. The number of aromatic hydroxyl groups is 1. The summed E-state index contributed by atoms with van der Waals surface area (Å²) < 4.78 is 5.00. The van der Waals surface area contributed by atoms with Crippen molar-refractivity contribution in [3.63, 3.8) is 0 Å². The van der Waals surface area contributed by atoms with Crippen LogP contribution >= 0.6 is 0 Å². The van der Waals surface area contributed by atoms with E-state index in [2.05, 4.69) is 0 Å². The van der Waals surface area contributed by atoms with Crippen molar-refractivity contribution in [2.24, 2.45) is 0 Å². The number of phenols is 1. The van der Waals surface area contributed by atoms with Crippen LogP contribution in [-0.2, 0) is 16.0 Å². The van der Waals surface area contributed by atoms with E-state index in [4.69, 9.17) is 9.84 Å². The Morgan fingerprint density at radius 1 is 1.44 bits per heavy atom. The smallest absolute Gasteiger partial charge is 0.313 e. The first-order valence-electron chi connectivity index (χ1n) is 6.19. The lowest BCUT2D eigenvalue weighted by atomic mass is 9.93. The van der Waals surface area contributed by atoms with E-state index in [9.17, 15) is 9.90 Å². The van der Waals surface area contributed by atoms with Crippen LogP contribution in [0.4, 0.5) is 0 Å². The summed E-state index contributed by atoms with van der Waals surface area (Å²) in [6.45, 7) is 4.00. The monoisotopic (exact) mass is 252 g/mol. The number of hydrogen-bond acceptors (Lipinski definition) is 4. The SMILES string of the molecule is CCOC(=O)C(C)c1ccc(O)cc1CCCO. The normalized spacial score (nSPS) is 12.2. The molecule has 2 N–H and O–H groups in total. The molecule has 0 spiro atoms. The largest absolute Gasteiger partial charge is 0.508 e. The van der Waals surface area contributed by atoms with Gasteiger partial charge in [0.25, 0.3) is 0 Å². The summed E-state index contributed by atoms with van der Waals surface area (Å²) in [7, 11) is 0. The molecular weight excluding hydrogens is 232 g/mol. The zero-order valence-corrected chi connectivity index (χ0v) is 10.8. The number of benzene rings is 1. The molecule has 0 aliphatic heterocycles. The van der Waals surface area contributed by atoms with Crippen LogP contribution in [0, 0.1) is 0 Å². The first-order valence-corrected chi connectivity index (χ1v) is 6.19. The highest BCUT2D eigenvalue weighted by Gasteiger charge is 2.19. The number of phenolic OH excluding ortho intramolecular Hbond substituents is 1. The van der Waals surface area contributed by atoms with Gasteiger partial charge in [-0.3, -0.25) is 4.79 Å². The van der Waals surface area contributed by atoms with Gasteiger partial charge in [-0.1, -0.05) is 6.07 Å². The van der Waals surface area contributed by atoms with Crippen molar-refractivity contribution in [1.29, 1.82) is 0 Å². The molecule has 0 amide bonds. The fourth-order valence-corrected chi connectivity index (χ4v) is 1.89. The van der Waals surface area contributed by atoms with Crippen molar-refractivity contribution >= 4 is 5.97 Å². The number of aliphatic hydroxyl groups excluding tert-OH is 1. The number of esters is 1. The molecule has 100 valence electrons. The Hall–Kier alpha value is -1.55. The number of rotatable bonds is 6. The van der Waals surface area contributed by atoms with Crippen molar-refractivity contribution < 1.29 is 19.7 Å². The topological polar surface area (TPSA) is 66.8 Å². The highest BCUT2D eigenvalue weighted by molar-refractivity contribution is 5.78. The zero-order valence-electron chi connectivity index (χ0n) is 10.8. The van der Waals surface area contributed by atoms with Crippen LogP contribution in [0.15, 0.2) is 18.2 Å². The number of aliphatic hydroxyl groups is 1. The van der Waals surface area contributed by atoms with E-state index >= 15 is 0 Å². The maximum absolute atomic E-state index is 11.7. The van der Waals surface area contributed by atoms with E-state index in [1.165, 1.54) is 0 Å². The lowest BCUT2D eigenvalue weighted by Gasteiger charge is -2.15. The van der Waals surface area contributed by atoms with E-state index in [-0.39, 0.29) is 24.2 Å². The Bertz CT molecular complexity index is 401. The van der Waals surface area contributed by atoms with E-state index in [0.29, 0.717) is 19.4 Å². The molecule has 1 aromatic carbocycles. The molecule has 0 aliphatic rings. The standard InChI is InChI=1S/C14H20O4/c1-3-18-14(17)10(2)13-7-6-12(16)9-11(13)5-4-8-15/h6-7,9-10,15-16H,3-5,8H2,1-2H3. The van der Waals surface area contributed by atoms with Gasteiger partial charge in [0.15, 0.2) is 0 Å². The summed E-state index contributed by atoms with van der Waals surface area (Å²) in [6.07, 6.45) is 1.23. The lowest BCUT2D eigenvalue weighted by molar-refractivity contribution is -0.144. The van der Waals surface area contributed by atoms with Gasteiger partial charge in [0.05, 0.1) is 12.5 Å². The Kier molecular flexibility index (Phi) is 5.65. The molecule has 0 heterocycles. The van der Waals surface area contributed by atoms with Crippen molar-refractivity contribution in [3.05, 3.63) is 29.3 Å². The Morgan fingerprint density at radius 2 is 2.17 bits per heavy atom. The second-order valence-electron chi connectivity index (χ2n) is 4.18. The minimum Gasteiger partial charge on any atom is -0.508 e. The summed E-state index contributed by atoms with van der Waals surface area (Å²) in [5, 5.41) is 18.3. The summed E-state index contributed by atoms with van der Waals surface area (Å²) in [5.74, 6) is -0.463. The van der Waals surface area contributed by atoms with Crippen LogP contribution in [0.5, 0.6) is 5.75 Å². The molecule has 0 bridgehead atoms. The van der Waals surface area contributed by atoms with E-state index in [0.717, 1.165) is 11.1 Å². The Labute approximate surface area is 107 Å². The first kappa shape index (κ1) is 14.5. The third-order valence-corrected chi connectivity index (χ3v) is 2.84. The van der Waals surface area contributed by atoms with Crippen molar-refractivity contribution in [3.8, 4) is 5.75 Å². The summed E-state index contributed by atoms with van der Waals surface area (Å²) in [4.78, 5) is 11.7. The number of carbonyl (C=O) groups excluding carboxylic acids is 1. The maximum atomic E-state index is 11.7. The van der Waals surface area contributed by atoms with Crippen molar-refractivity contribution in [2.75, 3.05) is 13.2 Å². The second kappa shape index (κ2) is 7.01. The number of carbonyl (C=O) groups is 1. The molecule has 0 saturated carbocycles. The van der Waals surface area contributed by atoms with Crippen LogP contribution in [-0.4, -0.2) is 29.4 Å². The van der Waals surface area contributed by atoms with Gasteiger partial charge in [-0.25, -0.2) is 0 Å². The highest BCUT2D eigenvalue weighted by Crippen LogP contribution is 2.26. The van der Waals surface area contributed by atoms with Gasteiger partial charge in [-0.05, 0) is 49.9 Å². The fraction of sp³-hybridized carbons (Fsp3) is 0.500. The van der Waals surface area contributed by atoms with E-state index in [1.54, 1.807) is 32.0 Å². The van der Waals surface area contributed by atoms with Crippen LogP contribution in [0.1, 0.15) is 37.3 Å². The van der Waals surface area contributed by atoms with Crippen LogP contribution in [0.2, 0.25) is 0 Å². The minimum absolute atomic E-state index is 0.0862. The molecule has 1 aromatic rings. The number of ether oxygens (including phenoxy) is 1. The number of aryl methyl sites for hydroxylation is 1. The summed E-state index contributed by atoms with van der Waals surface area (Å²) >= 11 is 0. The fourth-order valence-electron chi connectivity index (χ4n) is 1.89. The Balaban J connectivity index is 2.95. The van der Waals surface area contributed by atoms with E-state index in [1.807, 2.05) is 0 Å². The van der Waals surface area contributed by atoms with Gasteiger partial charge in [-0.2, -0.15) is 0 Å². The quantitative estimate of drug-likeness (QED) is 0.760. The molecule has 0 aromatic heterocycles. The van der Waals surface area contributed by atoms with E-state index < -0.39 is 0 Å². The minimum atomic E-state index is -0.362. The van der Waals surface area contributed by atoms with Crippen molar-refractivity contribution in [2.45, 2.75) is 32.6 Å². The average molecular weight is 252 g/mol. The predicted octanol–water partition coefficient (Wildman–Crippen LogP) is 1.98. The molecule has 1 rings (SSSR count). The number of hydrogen-bond donors (Lipinski definition) is 2. The molecule has 0 fully saturated rings. The highest BCUT2D eigenvalue weighted by atomic mass is 16.5. The predicted molar refractivity (Wildman–Crippen MR) is 68.6 cm³/mol. The molecule has 1 unspecified atom stereocenters. The van der Waals surface area contributed by atoms with Gasteiger partial charge in [0, 0.05) is 6.61 Å². The maximum Gasteiger partial charge on any atom is 0.313 e. The molecule has 4 heteroatoms. The Morgan fingerprint density at radius 3 is 2.78 bits per heavy atom. The average Bonchev–Trinajstić information content (AvgIpc) is 2.36. The summed E-state index contributed by atoms with van der Waals surface area (Å²) in [6, 6.07) is 4.94. The molecule has 0 radical (unpaired) electrons. The first-order chi connectivity index (χ1) is 8.60. The molecular formula is C14H20O4. The van der Waals surface area contributed by atoms with Crippen LogP contribution < -0.4 is 0 Å². The lowest BCUT2D eigenvalue weighted by Crippen LogP contribution is -2.14. The third-order valence-electron chi connectivity index (χ3n) is 2.84. The molecule has 4 nitrogen and oxygen atoms in total.